The first-order valence-corrected chi connectivity index (χ1v) is 13.0. The van der Waals surface area contributed by atoms with Crippen molar-refractivity contribution in [3.05, 3.63) is 82.9 Å². The van der Waals surface area contributed by atoms with Crippen molar-refractivity contribution in [2.24, 2.45) is 5.73 Å². The Bertz CT molecular complexity index is 1310. The minimum absolute atomic E-state index is 0.128. The normalized spacial score (nSPS) is 13.8. The monoisotopic (exact) mass is 535 g/mol. The molecule has 39 heavy (non-hydrogen) atoms. The van der Waals surface area contributed by atoms with Crippen molar-refractivity contribution in [2.75, 3.05) is 44.6 Å². The van der Waals surface area contributed by atoms with Crippen LogP contribution < -0.4 is 15.8 Å². The van der Waals surface area contributed by atoms with Gasteiger partial charge in [-0.2, -0.15) is 0 Å². The number of hydrogen-bond acceptors (Lipinski definition) is 5. The number of nitrogens with zero attached hydrogens (tertiary/aromatic N) is 3. The zero-order valence-corrected chi connectivity index (χ0v) is 22.3. The number of hydrogen-bond donors (Lipinski definition) is 2. The molecule has 0 atom stereocenters. The molecule has 3 amide bonds. The summed E-state index contributed by atoms with van der Waals surface area (Å²) < 4.78 is 20.5. The predicted octanol–water partition coefficient (Wildman–Crippen LogP) is 3.71. The van der Waals surface area contributed by atoms with E-state index in [0.717, 1.165) is 11.3 Å². The molecular formula is C29H34FN5O4. The van der Waals surface area contributed by atoms with Crippen molar-refractivity contribution < 1.29 is 23.5 Å². The maximum Gasteiger partial charge on any atom is 0.321 e. The minimum atomic E-state index is -0.589. The van der Waals surface area contributed by atoms with Crippen LogP contribution in [0.4, 0.5) is 14.9 Å². The molecule has 3 aromatic rings. The highest BCUT2D eigenvalue weighted by atomic mass is 19.1. The molecule has 0 saturated carbocycles. The summed E-state index contributed by atoms with van der Waals surface area (Å²) in [6.45, 7) is 6.91. The van der Waals surface area contributed by atoms with E-state index in [-0.39, 0.29) is 24.2 Å². The lowest BCUT2D eigenvalue weighted by Gasteiger charge is -2.34. The van der Waals surface area contributed by atoms with E-state index in [4.69, 9.17) is 10.5 Å². The number of aryl methyl sites for hydroxylation is 1. The fourth-order valence-corrected chi connectivity index (χ4v) is 4.70. The number of urea groups is 1. The molecule has 1 aliphatic rings. The zero-order chi connectivity index (χ0) is 27.9. The number of ether oxygens (including phenoxy) is 1. The summed E-state index contributed by atoms with van der Waals surface area (Å²) in [5, 5.41) is 2.90. The third-order valence-corrected chi connectivity index (χ3v) is 6.90. The van der Waals surface area contributed by atoms with Crippen LogP contribution in [-0.4, -0.2) is 71.4 Å². The third kappa shape index (κ3) is 7.02. The lowest BCUT2D eigenvalue weighted by Crippen LogP contribution is -2.51. The molecule has 0 aliphatic carbocycles. The van der Waals surface area contributed by atoms with Crippen LogP contribution >= 0.6 is 0 Å². The van der Waals surface area contributed by atoms with E-state index >= 15 is 0 Å². The van der Waals surface area contributed by atoms with Crippen molar-refractivity contribution in [2.45, 2.75) is 26.8 Å². The summed E-state index contributed by atoms with van der Waals surface area (Å²) >= 11 is 0. The number of nitrogens with two attached hydrogens (primary N) is 1. The summed E-state index contributed by atoms with van der Waals surface area (Å²) in [5.41, 5.74) is 8.52. The fraction of sp³-hybridized carbons (Fsp3) is 0.345. The molecule has 1 aromatic heterocycles. The van der Waals surface area contributed by atoms with Crippen molar-refractivity contribution >= 4 is 23.4 Å². The second-order valence-electron chi connectivity index (χ2n) is 9.49. The number of halogens is 1. The average molecular weight is 536 g/mol. The van der Waals surface area contributed by atoms with Gasteiger partial charge in [0.2, 0.25) is 0 Å². The summed E-state index contributed by atoms with van der Waals surface area (Å²) in [7, 11) is 0. The Hall–Kier alpha value is -4.18. The maximum atomic E-state index is 13.3. The summed E-state index contributed by atoms with van der Waals surface area (Å²) in [4.78, 5) is 41.8. The third-order valence-electron chi connectivity index (χ3n) is 6.90. The zero-order valence-electron chi connectivity index (χ0n) is 22.3. The molecule has 0 radical (unpaired) electrons. The molecule has 0 spiro atoms. The Morgan fingerprint density at radius 2 is 1.67 bits per heavy atom. The van der Waals surface area contributed by atoms with Crippen molar-refractivity contribution in [1.29, 1.82) is 0 Å². The first kappa shape index (κ1) is 27.8. The molecule has 2 heterocycles. The lowest BCUT2D eigenvalue weighted by atomic mass is 10.1. The topological polar surface area (TPSA) is 110 Å². The van der Waals surface area contributed by atoms with Crippen LogP contribution in [0.5, 0.6) is 5.75 Å². The average Bonchev–Trinajstić information content (AvgIpc) is 3.26. The number of primary amides is 1. The van der Waals surface area contributed by atoms with Gasteiger partial charge >= 0.3 is 6.03 Å². The Balaban J connectivity index is 1.35. The highest BCUT2D eigenvalue weighted by molar-refractivity contribution is 6.01. The van der Waals surface area contributed by atoms with Crippen LogP contribution in [0.2, 0.25) is 0 Å². The molecule has 1 fully saturated rings. The Morgan fingerprint density at radius 1 is 1.00 bits per heavy atom. The molecule has 4 rings (SSSR count). The van der Waals surface area contributed by atoms with Crippen LogP contribution in [0.25, 0.3) is 0 Å². The second kappa shape index (κ2) is 12.6. The van der Waals surface area contributed by atoms with Crippen LogP contribution in [0, 0.1) is 12.7 Å². The molecule has 10 heteroatoms. The van der Waals surface area contributed by atoms with Crippen molar-refractivity contribution in [1.82, 2.24) is 14.4 Å². The number of amides is 3. The minimum Gasteiger partial charge on any atom is -0.494 e. The van der Waals surface area contributed by atoms with Gasteiger partial charge in [-0.05, 0) is 68.3 Å². The molecule has 206 valence electrons. The number of rotatable bonds is 10. The van der Waals surface area contributed by atoms with E-state index in [1.807, 2.05) is 28.5 Å². The van der Waals surface area contributed by atoms with Crippen LogP contribution in [0.1, 0.15) is 39.0 Å². The number of piperazine rings is 1. The van der Waals surface area contributed by atoms with Crippen LogP contribution in [-0.2, 0) is 13.0 Å². The van der Waals surface area contributed by atoms with Gasteiger partial charge in [0.1, 0.15) is 11.6 Å². The number of carbonyl (C=O) groups is 3. The van der Waals surface area contributed by atoms with E-state index in [1.54, 1.807) is 42.2 Å². The van der Waals surface area contributed by atoms with E-state index < -0.39 is 5.91 Å². The molecular weight excluding hydrogens is 501 g/mol. The number of Topliss-reactive ketones (excluding diaryl/α,β-unsaturated/α-hetero) is 1. The van der Waals surface area contributed by atoms with Crippen LogP contribution in [0.3, 0.4) is 0 Å². The van der Waals surface area contributed by atoms with Gasteiger partial charge in [-0.3, -0.25) is 14.5 Å². The standard InChI is InChI=1S/C29H34FN5O4/c1-3-39-24-10-8-23(9-11-24)32-29(38)34-16-14-33(15-17-34)19-27(36)26-18-25(28(31)37)20(2)35(26)13-12-21-4-6-22(30)7-5-21/h4-11,18H,3,12-17,19H2,1-2H3,(H2,31,37)(H,32,38). The fourth-order valence-electron chi connectivity index (χ4n) is 4.70. The van der Waals surface area contributed by atoms with Gasteiger partial charge in [0, 0.05) is 44.1 Å². The Kier molecular flexibility index (Phi) is 8.98. The largest absolute Gasteiger partial charge is 0.494 e. The summed E-state index contributed by atoms with van der Waals surface area (Å²) in [6, 6.07) is 14.8. The number of benzene rings is 2. The molecule has 0 bridgehead atoms. The van der Waals surface area contributed by atoms with Gasteiger partial charge in [0.05, 0.1) is 24.4 Å². The predicted molar refractivity (Wildman–Crippen MR) is 147 cm³/mol. The van der Waals surface area contributed by atoms with E-state index in [9.17, 15) is 18.8 Å². The van der Waals surface area contributed by atoms with Gasteiger partial charge in [0.15, 0.2) is 5.78 Å². The van der Waals surface area contributed by atoms with Gasteiger partial charge in [0.25, 0.3) is 5.91 Å². The first-order valence-electron chi connectivity index (χ1n) is 13.0. The first-order chi connectivity index (χ1) is 18.7. The molecule has 1 saturated heterocycles. The van der Waals surface area contributed by atoms with Gasteiger partial charge in [-0.15, -0.1) is 0 Å². The SMILES string of the molecule is CCOc1ccc(NC(=O)N2CCN(CC(=O)c3cc(C(N)=O)c(C)n3CCc3ccc(F)cc3)CC2)cc1. The Morgan fingerprint density at radius 3 is 2.28 bits per heavy atom. The number of ketones is 1. The van der Waals surface area contributed by atoms with E-state index in [0.29, 0.717) is 68.4 Å². The van der Waals surface area contributed by atoms with E-state index in [2.05, 4.69) is 5.32 Å². The second-order valence-corrected chi connectivity index (χ2v) is 9.49. The van der Waals surface area contributed by atoms with Crippen molar-refractivity contribution in [3.8, 4) is 5.75 Å². The number of aromatic nitrogens is 1. The van der Waals surface area contributed by atoms with Gasteiger partial charge < -0.3 is 25.3 Å². The highest BCUT2D eigenvalue weighted by Crippen LogP contribution is 2.19. The quantitative estimate of drug-likeness (QED) is 0.385. The van der Waals surface area contributed by atoms with E-state index in [1.165, 1.54) is 12.1 Å². The molecule has 9 nitrogen and oxygen atoms in total. The van der Waals surface area contributed by atoms with Gasteiger partial charge in [-0.1, -0.05) is 12.1 Å². The van der Waals surface area contributed by atoms with Crippen molar-refractivity contribution in [3.63, 3.8) is 0 Å². The summed E-state index contributed by atoms with van der Waals surface area (Å²) in [5.74, 6) is -0.281. The number of anilines is 1. The Labute approximate surface area is 227 Å². The number of nitrogens with one attached hydrogen (secondary N) is 1. The molecule has 1 aliphatic heterocycles. The van der Waals surface area contributed by atoms with Gasteiger partial charge in [-0.25, -0.2) is 9.18 Å². The molecule has 3 N–H and O–H groups in total. The molecule has 2 aromatic carbocycles. The molecule has 0 unspecified atom stereocenters. The smallest absolute Gasteiger partial charge is 0.321 e. The summed E-state index contributed by atoms with van der Waals surface area (Å²) in [6.07, 6.45) is 0.566. The maximum absolute atomic E-state index is 13.3. The highest BCUT2D eigenvalue weighted by Gasteiger charge is 2.26. The van der Waals surface area contributed by atoms with Crippen LogP contribution in [0.15, 0.2) is 54.6 Å². The lowest BCUT2D eigenvalue weighted by molar-refractivity contribution is 0.0874. The number of carbonyl (C=O) groups excluding carboxylic acids is 3.